The van der Waals surface area contributed by atoms with Crippen LogP contribution in [0.2, 0.25) is 0 Å². The Labute approximate surface area is 109 Å². The fraction of sp³-hybridized carbons (Fsp3) is 0.308. The molecule has 0 aromatic heterocycles. The standard InChI is InChI=1S/C13H14F2O2S/c1-3-9(13(16)17-2)6-7-18-12-5-4-10(14)8-11(12)15/h4-6,8H,3,7H2,1-2H3. The van der Waals surface area contributed by atoms with E-state index in [1.54, 1.807) is 6.08 Å². The topological polar surface area (TPSA) is 26.3 Å². The maximum atomic E-state index is 13.3. The predicted molar refractivity (Wildman–Crippen MR) is 67.5 cm³/mol. The van der Waals surface area contributed by atoms with Crippen molar-refractivity contribution in [2.24, 2.45) is 0 Å². The van der Waals surface area contributed by atoms with Crippen LogP contribution in [0.15, 0.2) is 34.7 Å². The number of ether oxygens (including phenoxy) is 1. The van der Waals surface area contributed by atoms with Crippen molar-refractivity contribution in [2.45, 2.75) is 18.2 Å². The SMILES string of the molecule is CCC(=CCSc1ccc(F)cc1F)C(=O)OC. The number of hydrogen-bond acceptors (Lipinski definition) is 3. The molecule has 1 rings (SSSR count). The Kier molecular flexibility index (Phi) is 5.85. The van der Waals surface area contributed by atoms with Gasteiger partial charge in [-0.3, -0.25) is 0 Å². The van der Waals surface area contributed by atoms with Crippen LogP contribution in [0.25, 0.3) is 0 Å². The van der Waals surface area contributed by atoms with Crippen molar-refractivity contribution in [3.8, 4) is 0 Å². The van der Waals surface area contributed by atoms with Gasteiger partial charge in [0.1, 0.15) is 11.6 Å². The second-order valence-electron chi connectivity index (χ2n) is 3.46. The summed E-state index contributed by atoms with van der Waals surface area (Å²) < 4.78 is 30.6. The largest absolute Gasteiger partial charge is 0.466 e. The molecule has 2 nitrogen and oxygen atoms in total. The van der Waals surface area contributed by atoms with Crippen molar-refractivity contribution in [1.82, 2.24) is 0 Å². The highest BCUT2D eigenvalue weighted by Gasteiger charge is 2.07. The van der Waals surface area contributed by atoms with E-state index >= 15 is 0 Å². The molecule has 0 saturated heterocycles. The summed E-state index contributed by atoms with van der Waals surface area (Å²) in [7, 11) is 1.32. The quantitative estimate of drug-likeness (QED) is 0.465. The molecule has 98 valence electrons. The van der Waals surface area contributed by atoms with Crippen LogP contribution in [0, 0.1) is 11.6 Å². The Balaban J connectivity index is 2.65. The van der Waals surface area contributed by atoms with Gasteiger partial charge < -0.3 is 4.74 Å². The molecule has 0 heterocycles. The average molecular weight is 272 g/mol. The minimum atomic E-state index is -0.601. The van der Waals surface area contributed by atoms with Gasteiger partial charge in [0.05, 0.1) is 7.11 Å². The van der Waals surface area contributed by atoms with Gasteiger partial charge in [0.25, 0.3) is 0 Å². The van der Waals surface area contributed by atoms with Gasteiger partial charge in [0, 0.05) is 22.3 Å². The van der Waals surface area contributed by atoms with E-state index < -0.39 is 11.6 Å². The first kappa shape index (κ1) is 14.7. The second kappa shape index (κ2) is 7.16. The smallest absolute Gasteiger partial charge is 0.333 e. The molecule has 0 amide bonds. The van der Waals surface area contributed by atoms with Gasteiger partial charge >= 0.3 is 5.97 Å². The summed E-state index contributed by atoms with van der Waals surface area (Å²) in [6.45, 7) is 1.84. The second-order valence-corrected chi connectivity index (χ2v) is 4.52. The summed E-state index contributed by atoms with van der Waals surface area (Å²) in [4.78, 5) is 11.6. The first-order valence-electron chi connectivity index (χ1n) is 5.43. The summed E-state index contributed by atoms with van der Waals surface area (Å²) >= 11 is 1.20. The summed E-state index contributed by atoms with van der Waals surface area (Å²) in [5, 5.41) is 0. The lowest BCUT2D eigenvalue weighted by molar-refractivity contribution is -0.136. The zero-order chi connectivity index (χ0) is 13.5. The molecule has 0 aliphatic carbocycles. The number of rotatable bonds is 5. The first-order valence-corrected chi connectivity index (χ1v) is 6.42. The molecule has 18 heavy (non-hydrogen) atoms. The molecule has 0 atom stereocenters. The molecular formula is C13H14F2O2S. The molecule has 0 unspecified atom stereocenters. The van der Waals surface area contributed by atoms with Gasteiger partial charge in [-0.25, -0.2) is 13.6 Å². The van der Waals surface area contributed by atoms with E-state index in [-0.39, 0.29) is 5.97 Å². The fourth-order valence-corrected chi connectivity index (χ4v) is 2.15. The number of carbonyl (C=O) groups excluding carboxylic acids is 1. The van der Waals surface area contributed by atoms with E-state index in [1.807, 2.05) is 6.92 Å². The number of thioether (sulfide) groups is 1. The van der Waals surface area contributed by atoms with Gasteiger partial charge in [-0.05, 0) is 18.6 Å². The highest BCUT2D eigenvalue weighted by molar-refractivity contribution is 7.99. The Morgan fingerprint density at radius 3 is 2.72 bits per heavy atom. The number of methoxy groups -OCH3 is 1. The van der Waals surface area contributed by atoms with E-state index in [1.165, 1.54) is 31.0 Å². The van der Waals surface area contributed by atoms with Crippen molar-refractivity contribution in [3.05, 3.63) is 41.5 Å². The van der Waals surface area contributed by atoms with Gasteiger partial charge in [0.2, 0.25) is 0 Å². The minimum absolute atomic E-state index is 0.355. The lowest BCUT2D eigenvalue weighted by Gasteiger charge is -2.03. The summed E-state index contributed by atoms with van der Waals surface area (Å²) in [5.41, 5.74) is 0.549. The normalized spacial score (nSPS) is 11.4. The predicted octanol–water partition coefficient (Wildman–Crippen LogP) is 3.57. The molecule has 0 saturated carbocycles. The van der Waals surface area contributed by atoms with E-state index in [0.29, 0.717) is 22.6 Å². The number of carbonyl (C=O) groups is 1. The maximum absolute atomic E-state index is 13.3. The van der Waals surface area contributed by atoms with Gasteiger partial charge in [-0.1, -0.05) is 13.0 Å². The Morgan fingerprint density at radius 2 is 2.17 bits per heavy atom. The van der Waals surface area contributed by atoms with E-state index in [4.69, 9.17) is 0 Å². The Hall–Kier alpha value is -1.36. The van der Waals surface area contributed by atoms with Crippen molar-refractivity contribution in [1.29, 1.82) is 0 Å². The summed E-state index contributed by atoms with van der Waals surface area (Å²) in [6.07, 6.45) is 2.25. The van der Waals surface area contributed by atoms with Crippen LogP contribution >= 0.6 is 11.8 Å². The van der Waals surface area contributed by atoms with Crippen LogP contribution in [0.3, 0.4) is 0 Å². The van der Waals surface area contributed by atoms with Crippen LogP contribution in [-0.4, -0.2) is 18.8 Å². The zero-order valence-electron chi connectivity index (χ0n) is 10.2. The third-order valence-electron chi connectivity index (χ3n) is 2.29. The molecule has 0 spiro atoms. The molecule has 0 aliphatic heterocycles. The minimum Gasteiger partial charge on any atom is -0.466 e. The summed E-state index contributed by atoms with van der Waals surface area (Å²) in [6, 6.07) is 3.43. The van der Waals surface area contributed by atoms with Crippen molar-refractivity contribution >= 4 is 17.7 Å². The van der Waals surface area contributed by atoms with Crippen molar-refractivity contribution in [3.63, 3.8) is 0 Å². The van der Waals surface area contributed by atoms with E-state index in [9.17, 15) is 13.6 Å². The molecule has 0 fully saturated rings. The fourth-order valence-electron chi connectivity index (χ4n) is 1.33. The lowest BCUT2D eigenvalue weighted by atomic mass is 10.2. The Morgan fingerprint density at radius 1 is 1.44 bits per heavy atom. The van der Waals surface area contributed by atoms with E-state index in [0.717, 1.165) is 6.07 Å². The number of halogens is 2. The monoisotopic (exact) mass is 272 g/mol. The maximum Gasteiger partial charge on any atom is 0.333 e. The summed E-state index contributed by atoms with van der Waals surface area (Å²) in [5.74, 6) is -1.14. The molecule has 5 heteroatoms. The number of benzene rings is 1. The number of hydrogen-bond donors (Lipinski definition) is 0. The highest BCUT2D eigenvalue weighted by Crippen LogP contribution is 2.23. The third-order valence-corrected chi connectivity index (χ3v) is 3.27. The number of esters is 1. The Bertz CT molecular complexity index is 458. The van der Waals surface area contributed by atoms with Gasteiger partial charge in [-0.15, -0.1) is 11.8 Å². The first-order chi connectivity index (χ1) is 8.58. The molecule has 0 N–H and O–H groups in total. The highest BCUT2D eigenvalue weighted by atomic mass is 32.2. The van der Waals surface area contributed by atoms with Crippen LogP contribution in [0.5, 0.6) is 0 Å². The van der Waals surface area contributed by atoms with Crippen LogP contribution in [0.1, 0.15) is 13.3 Å². The van der Waals surface area contributed by atoms with Crippen LogP contribution in [-0.2, 0) is 9.53 Å². The molecular weight excluding hydrogens is 258 g/mol. The lowest BCUT2D eigenvalue weighted by Crippen LogP contribution is -2.04. The average Bonchev–Trinajstić information content (AvgIpc) is 2.36. The van der Waals surface area contributed by atoms with Crippen molar-refractivity contribution in [2.75, 3.05) is 12.9 Å². The van der Waals surface area contributed by atoms with Crippen LogP contribution in [0.4, 0.5) is 8.78 Å². The van der Waals surface area contributed by atoms with Crippen molar-refractivity contribution < 1.29 is 18.3 Å². The molecule has 0 radical (unpaired) electrons. The molecule has 0 aliphatic rings. The molecule has 0 bridgehead atoms. The zero-order valence-corrected chi connectivity index (χ0v) is 11.0. The van der Waals surface area contributed by atoms with Crippen LogP contribution < -0.4 is 0 Å². The molecule has 1 aromatic carbocycles. The van der Waals surface area contributed by atoms with E-state index in [2.05, 4.69) is 4.74 Å². The van der Waals surface area contributed by atoms with Gasteiger partial charge in [-0.2, -0.15) is 0 Å². The molecule has 1 aromatic rings. The third kappa shape index (κ3) is 4.14. The van der Waals surface area contributed by atoms with Gasteiger partial charge in [0.15, 0.2) is 0 Å².